The lowest BCUT2D eigenvalue weighted by Crippen LogP contribution is -2.42. The molecule has 1 aliphatic rings. The van der Waals surface area contributed by atoms with Gasteiger partial charge < -0.3 is 14.3 Å². The van der Waals surface area contributed by atoms with Gasteiger partial charge in [-0.3, -0.25) is 4.79 Å². The van der Waals surface area contributed by atoms with E-state index >= 15 is 0 Å². The highest BCUT2D eigenvalue weighted by Gasteiger charge is 2.23. The summed E-state index contributed by atoms with van der Waals surface area (Å²) in [5.41, 5.74) is 2.18. The molecule has 6 heteroatoms. The predicted octanol–water partition coefficient (Wildman–Crippen LogP) is 4.08. The molecule has 1 atom stereocenters. The van der Waals surface area contributed by atoms with Gasteiger partial charge in [0.1, 0.15) is 0 Å². The summed E-state index contributed by atoms with van der Waals surface area (Å²) in [6, 6.07) is 20.1. The number of likely N-dealkylation sites (tertiary alicyclic amines) is 1. The summed E-state index contributed by atoms with van der Waals surface area (Å²) in [5.74, 6) is 1.77. The molecule has 1 aromatic heterocycles. The van der Waals surface area contributed by atoms with Gasteiger partial charge in [0.25, 0.3) is 0 Å². The summed E-state index contributed by atoms with van der Waals surface area (Å²) in [6.45, 7) is 3.76. The standard InChI is InChI=1S/C26H32N4O2/c1-29-17-8-11-22(19-29)20-30(18-16-21-9-4-2-5-10-21)25(31)15-14-24-27-26(28-32-24)23-12-6-3-7-13-23/h2-7,9-10,12-13,22H,8,11,14-20H2,1H3/t22-/m0/s1. The van der Waals surface area contributed by atoms with Gasteiger partial charge in [-0.05, 0) is 44.3 Å². The molecule has 0 radical (unpaired) electrons. The number of hydrogen-bond acceptors (Lipinski definition) is 5. The zero-order chi connectivity index (χ0) is 22.2. The number of aryl methyl sites for hydroxylation is 1. The van der Waals surface area contributed by atoms with Crippen molar-refractivity contribution in [1.29, 1.82) is 0 Å². The largest absolute Gasteiger partial charge is 0.342 e. The maximum atomic E-state index is 13.2. The van der Waals surface area contributed by atoms with Gasteiger partial charge in [-0.15, -0.1) is 0 Å². The number of benzene rings is 2. The molecule has 1 amide bonds. The van der Waals surface area contributed by atoms with Gasteiger partial charge in [0, 0.05) is 38.0 Å². The van der Waals surface area contributed by atoms with Crippen molar-refractivity contribution in [2.75, 3.05) is 33.2 Å². The number of nitrogens with zero attached hydrogens (tertiary/aromatic N) is 4. The van der Waals surface area contributed by atoms with Crippen LogP contribution in [0.5, 0.6) is 0 Å². The molecule has 0 unspecified atom stereocenters. The van der Waals surface area contributed by atoms with E-state index in [1.54, 1.807) is 0 Å². The number of rotatable bonds is 9. The van der Waals surface area contributed by atoms with Crippen LogP contribution >= 0.6 is 0 Å². The Morgan fingerprint density at radius 3 is 2.59 bits per heavy atom. The van der Waals surface area contributed by atoms with Crippen molar-refractivity contribution in [2.45, 2.75) is 32.1 Å². The molecule has 1 fully saturated rings. The van der Waals surface area contributed by atoms with Gasteiger partial charge in [0.15, 0.2) is 0 Å². The average molecular weight is 433 g/mol. The van der Waals surface area contributed by atoms with Crippen LogP contribution in [0.4, 0.5) is 0 Å². The lowest BCUT2D eigenvalue weighted by Gasteiger charge is -2.34. The molecule has 32 heavy (non-hydrogen) atoms. The van der Waals surface area contributed by atoms with Gasteiger partial charge in [0.2, 0.25) is 17.6 Å². The van der Waals surface area contributed by atoms with Crippen molar-refractivity contribution in [3.8, 4) is 11.4 Å². The third-order valence-corrected chi connectivity index (χ3v) is 6.12. The summed E-state index contributed by atoms with van der Waals surface area (Å²) in [6.07, 6.45) is 4.10. The highest BCUT2D eigenvalue weighted by molar-refractivity contribution is 5.76. The second kappa shape index (κ2) is 11.0. The summed E-state index contributed by atoms with van der Waals surface area (Å²) in [7, 11) is 2.17. The Hall–Kier alpha value is -2.99. The second-order valence-corrected chi connectivity index (χ2v) is 8.72. The van der Waals surface area contributed by atoms with E-state index in [-0.39, 0.29) is 5.91 Å². The minimum absolute atomic E-state index is 0.161. The molecule has 168 valence electrons. The van der Waals surface area contributed by atoms with E-state index in [1.807, 2.05) is 41.3 Å². The van der Waals surface area contributed by atoms with E-state index < -0.39 is 0 Å². The average Bonchev–Trinajstić information content (AvgIpc) is 3.31. The second-order valence-electron chi connectivity index (χ2n) is 8.72. The Kier molecular flexibility index (Phi) is 7.67. The van der Waals surface area contributed by atoms with Crippen LogP contribution in [-0.2, 0) is 17.6 Å². The predicted molar refractivity (Wildman–Crippen MR) is 125 cm³/mol. The smallest absolute Gasteiger partial charge is 0.227 e. The van der Waals surface area contributed by atoms with E-state index in [2.05, 4.69) is 46.4 Å². The molecule has 0 aliphatic carbocycles. The van der Waals surface area contributed by atoms with Crippen molar-refractivity contribution in [3.63, 3.8) is 0 Å². The number of piperidine rings is 1. The number of amides is 1. The maximum Gasteiger partial charge on any atom is 0.227 e. The van der Waals surface area contributed by atoms with Crippen LogP contribution in [0.15, 0.2) is 65.2 Å². The summed E-state index contributed by atoms with van der Waals surface area (Å²) in [5, 5.41) is 4.07. The molecular formula is C26H32N4O2. The number of carbonyl (C=O) groups excluding carboxylic acids is 1. The number of carbonyl (C=O) groups is 1. The molecule has 1 aliphatic heterocycles. The fourth-order valence-electron chi connectivity index (χ4n) is 4.39. The summed E-state index contributed by atoms with van der Waals surface area (Å²) < 4.78 is 5.40. The monoisotopic (exact) mass is 432 g/mol. The fraction of sp³-hybridized carbons (Fsp3) is 0.423. The third kappa shape index (κ3) is 6.26. The van der Waals surface area contributed by atoms with Gasteiger partial charge >= 0.3 is 0 Å². The van der Waals surface area contributed by atoms with E-state index in [4.69, 9.17) is 4.52 Å². The Labute approximate surface area is 190 Å². The first-order valence-corrected chi connectivity index (χ1v) is 11.6. The van der Waals surface area contributed by atoms with Crippen molar-refractivity contribution < 1.29 is 9.32 Å². The van der Waals surface area contributed by atoms with Crippen LogP contribution in [0, 0.1) is 5.92 Å². The van der Waals surface area contributed by atoms with Crippen LogP contribution in [0.2, 0.25) is 0 Å². The molecule has 1 saturated heterocycles. The number of hydrogen-bond donors (Lipinski definition) is 0. The molecule has 0 bridgehead atoms. The van der Waals surface area contributed by atoms with E-state index in [9.17, 15) is 4.79 Å². The SMILES string of the molecule is CN1CCC[C@H](CN(CCc2ccccc2)C(=O)CCc2nc(-c3ccccc3)no2)C1. The van der Waals surface area contributed by atoms with Crippen molar-refractivity contribution in [3.05, 3.63) is 72.1 Å². The topological polar surface area (TPSA) is 62.5 Å². The maximum absolute atomic E-state index is 13.2. The highest BCUT2D eigenvalue weighted by atomic mass is 16.5. The Bertz CT molecular complexity index is 974. The molecule has 3 aromatic rings. The molecule has 0 saturated carbocycles. The van der Waals surface area contributed by atoms with Gasteiger partial charge in [-0.2, -0.15) is 4.98 Å². The minimum atomic E-state index is 0.161. The quantitative estimate of drug-likeness (QED) is 0.510. The molecule has 2 aromatic carbocycles. The molecule has 0 N–H and O–H groups in total. The normalized spacial score (nSPS) is 16.7. The van der Waals surface area contributed by atoms with Crippen LogP contribution in [-0.4, -0.2) is 59.1 Å². The zero-order valence-electron chi connectivity index (χ0n) is 18.8. The van der Waals surface area contributed by atoms with E-state index in [0.717, 1.165) is 38.2 Å². The van der Waals surface area contributed by atoms with Crippen molar-refractivity contribution >= 4 is 5.91 Å². The van der Waals surface area contributed by atoms with Crippen LogP contribution < -0.4 is 0 Å². The molecule has 6 nitrogen and oxygen atoms in total. The fourth-order valence-corrected chi connectivity index (χ4v) is 4.39. The highest BCUT2D eigenvalue weighted by Crippen LogP contribution is 2.19. The van der Waals surface area contributed by atoms with Gasteiger partial charge in [-0.25, -0.2) is 0 Å². The third-order valence-electron chi connectivity index (χ3n) is 6.12. The van der Waals surface area contributed by atoms with Gasteiger partial charge in [-0.1, -0.05) is 65.8 Å². The molecule has 0 spiro atoms. The first kappa shape index (κ1) is 22.2. The van der Waals surface area contributed by atoms with Gasteiger partial charge in [0.05, 0.1) is 0 Å². The Morgan fingerprint density at radius 2 is 1.84 bits per heavy atom. The summed E-state index contributed by atoms with van der Waals surface area (Å²) >= 11 is 0. The van der Waals surface area contributed by atoms with E-state index in [0.29, 0.717) is 30.5 Å². The van der Waals surface area contributed by atoms with Crippen LogP contribution in [0.1, 0.15) is 30.7 Å². The molecule has 4 rings (SSSR count). The van der Waals surface area contributed by atoms with Crippen LogP contribution in [0.25, 0.3) is 11.4 Å². The first-order chi connectivity index (χ1) is 15.7. The first-order valence-electron chi connectivity index (χ1n) is 11.6. The zero-order valence-corrected chi connectivity index (χ0v) is 18.8. The Morgan fingerprint density at radius 1 is 1.09 bits per heavy atom. The molecule has 2 heterocycles. The molecular weight excluding hydrogens is 400 g/mol. The summed E-state index contributed by atoms with van der Waals surface area (Å²) in [4.78, 5) is 22.1. The van der Waals surface area contributed by atoms with Crippen LogP contribution in [0.3, 0.4) is 0 Å². The lowest BCUT2D eigenvalue weighted by atomic mass is 9.97. The van der Waals surface area contributed by atoms with Crippen molar-refractivity contribution in [2.24, 2.45) is 5.92 Å². The van der Waals surface area contributed by atoms with E-state index in [1.165, 1.54) is 18.4 Å². The minimum Gasteiger partial charge on any atom is -0.342 e. The van der Waals surface area contributed by atoms with Crippen molar-refractivity contribution in [1.82, 2.24) is 19.9 Å². The number of aromatic nitrogens is 2. The lowest BCUT2D eigenvalue weighted by molar-refractivity contribution is -0.132. The Balaban J connectivity index is 1.37.